The Morgan fingerprint density at radius 2 is 1.62 bits per heavy atom. The zero-order valence-electron chi connectivity index (χ0n) is 11.6. The zero-order valence-corrected chi connectivity index (χ0v) is 12.4. The highest BCUT2D eigenvalue weighted by Gasteiger charge is 2.21. The van der Waals surface area contributed by atoms with Crippen molar-refractivity contribution >= 4 is 29.1 Å². The van der Waals surface area contributed by atoms with E-state index in [0.717, 1.165) is 11.4 Å². The molecule has 0 aliphatic carbocycles. The first-order valence-corrected chi connectivity index (χ1v) is 7.52. The lowest BCUT2D eigenvalue weighted by molar-refractivity contribution is -0.132. The quantitative estimate of drug-likeness (QED) is 0.857. The van der Waals surface area contributed by atoms with Crippen LogP contribution < -0.4 is 4.90 Å². The van der Waals surface area contributed by atoms with Crippen molar-refractivity contribution < 1.29 is 9.90 Å². The molecular formula is C17H15NO2S. The summed E-state index contributed by atoms with van der Waals surface area (Å²) in [4.78, 5) is 15.5. The Morgan fingerprint density at radius 3 is 2.14 bits per heavy atom. The van der Waals surface area contributed by atoms with Gasteiger partial charge in [-0.2, -0.15) is 0 Å². The van der Waals surface area contributed by atoms with Crippen LogP contribution in [0.5, 0.6) is 0 Å². The molecule has 0 saturated carbocycles. The Hall–Kier alpha value is -2.20. The van der Waals surface area contributed by atoms with Gasteiger partial charge in [0.1, 0.15) is 0 Å². The standard InChI is InChI=1S/C17H15NO2S/c1-12(17(19)20)10-11-18-13-6-2-4-8-15(13)21-16-9-5-3-7-14(16)18/h2-10H,11H2,1H3,(H,19,20). The molecule has 2 aromatic rings. The van der Waals surface area contributed by atoms with Gasteiger partial charge < -0.3 is 10.0 Å². The summed E-state index contributed by atoms with van der Waals surface area (Å²) in [6.07, 6.45) is 1.76. The van der Waals surface area contributed by atoms with Gasteiger partial charge in [0.05, 0.1) is 11.4 Å². The number of benzene rings is 2. The van der Waals surface area contributed by atoms with Crippen LogP contribution in [0.4, 0.5) is 11.4 Å². The number of para-hydroxylation sites is 2. The number of rotatable bonds is 3. The van der Waals surface area contributed by atoms with Crippen molar-refractivity contribution in [1.29, 1.82) is 0 Å². The van der Waals surface area contributed by atoms with Crippen molar-refractivity contribution in [3.05, 3.63) is 60.2 Å². The van der Waals surface area contributed by atoms with Crippen molar-refractivity contribution in [2.75, 3.05) is 11.4 Å². The molecule has 21 heavy (non-hydrogen) atoms. The van der Waals surface area contributed by atoms with Crippen LogP contribution in [-0.2, 0) is 4.79 Å². The van der Waals surface area contributed by atoms with Gasteiger partial charge in [-0.15, -0.1) is 0 Å². The molecule has 0 spiro atoms. The van der Waals surface area contributed by atoms with Crippen LogP contribution in [0, 0.1) is 0 Å². The average molecular weight is 297 g/mol. The lowest BCUT2D eigenvalue weighted by Crippen LogP contribution is -2.21. The Balaban J connectivity index is 2.03. The van der Waals surface area contributed by atoms with Crippen LogP contribution >= 0.6 is 11.8 Å². The molecule has 106 valence electrons. The average Bonchev–Trinajstić information content (AvgIpc) is 2.51. The van der Waals surface area contributed by atoms with E-state index in [9.17, 15) is 4.79 Å². The molecule has 1 aliphatic rings. The van der Waals surface area contributed by atoms with E-state index in [1.807, 2.05) is 24.3 Å². The van der Waals surface area contributed by atoms with Crippen molar-refractivity contribution in [3.63, 3.8) is 0 Å². The van der Waals surface area contributed by atoms with Gasteiger partial charge in [0.25, 0.3) is 0 Å². The van der Waals surface area contributed by atoms with E-state index >= 15 is 0 Å². The smallest absolute Gasteiger partial charge is 0.331 e. The largest absolute Gasteiger partial charge is 0.478 e. The Labute approximate surface area is 127 Å². The first-order valence-electron chi connectivity index (χ1n) is 6.70. The van der Waals surface area contributed by atoms with Crippen molar-refractivity contribution in [2.45, 2.75) is 16.7 Å². The lowest BCUT2D eigenvalue weighted by atomic mass is 10.2. The monoisotopic (exact) mass is 297 g/mol. The lowest BCUT2D eigenvalue weighted by Gasteiger charge is -2.32. The molecule has 3 rings (SSSR count). The number of fused-ring (bicyclic) bond motifs is 2. The molecule has 0 radical (unpaired) electrons. The summed E-state index contributed by atoms with van der Waals surface area (Å²) in [5.74, 6) is -0.872. The Morgan fingerprint density at radius 1 is 1.10 bits per heavy atom. The molecule has 3 nitrogen and oxygen atoms in total. The zero-order chi connectivity index (χ0) is 14.8. The molecule has 0 atom stereocenters. The summed E-state index contributed by atoms with van der Waals surface area (Å²) in [6, 6.07) is 16.4. The van der Waals surface area contributed by atoms with E-state index in [0.29, 0.717) is 12.1 Å². The Kier molecular flexibility index (Phi) is 3.71. The highest BCUT2D eigenvalue weighted by molar-refractivity contribution is 7.99. The second-order valence-electron chi connectivity index (χ2n) is 4.84. The topological polar surface area (TPSA) is 40.5 Å². The number of hydrogen-bond acceptors (Lipinski definition) is 3. The van der Waals surface area contributed by atoms with E-state index < -0.39 is 5.97 Å². The molecule has 0 unspecified atom stereocenters. The number of carbonyl (C=O) groups is 1. The number of anilines is 2. The summed E-state index contributed by atoms with van der Waals surface area (Å²) in [6.45, 7) is 2.17. The van der Waals surface area contributed by atoms with E-state index in [4.69, 9.17) is 5.11 Å². The molecule has 0 amide bonds. The molecule has 0 bridgehead atoms. The first kappa shape index (κ1) is 13.8. The summed E-state index contributed by atoms with van der Waals surface area (Å²) < 4.78 is 0. The van der Waals surface area contributed by atoms with E-state index in [2.05, 4.69) is 29.2 Å². The number of nitrogens with zero attached hydrogens (tertiary/aromatic N) is 1. The number of carboxylic acid groups (broad SMARTS) is 1. The molecular weight excluding hydrogens is 282 g/mol. The molecule has 0 fully saturated rings. The van der Waals surface area contributed by atoms with Crippen molar-refractivity contribution in [1.82, 2.24) is 0 Å². The maximum absolute atomic E-state index is 11.0. The molecule has 1 aliphatic heterocycles. The van der Waals surface area contributed by atoms with E-state index in [1.165, 1.54) is 9.79 Å². The van der Waals surface area contributed by atoms with Crippen LogP contribution in [0.3, 0.4) is 0 Å². The van der Waals surface area contributed by atoms with Crippen molar-refractivity contribution in [3.8, 4) is 0 Å². The minimum atomic E-state index is -0.872. The molecule has 1 N–H and O–H groups in total. The van der Waals surface area contributed by atoms with Gasteiger partial charge in [-0.25, -0.2) is 4.79 Å². The molecule has 1 heterocycles. The summed E-state index contributed by atoms with van der Waals surface area (Å²) in [5, 5.41) is 9.01. The minimum Gasteiger partial charge on any atom is -0.478 e. The third kappa shape index (κ3) is 2.67. The van der Waals surface area contributed by atoms with Crippen LogP contribution in [0.1, 0.15) is 6.92 Å². The van der Waals surface area contributed by atoms with Crippen LogP contribution in [0.2, 0.25) is 0 Å². The van der Waals surface area contributed by atoms with Gasteiger partial charge in [0.2, 0.25) is 0 Å². The third-order valence-electron chi connectivity index (χ3n) is 3.45. The van der Waals surface area contributed by atoms with E-state index in [-0.39, 0.29) is 0 Å². The Bertz CT molecular complexity index is 679. The van der Waals surface area contributed by atoms with Gasteiger partial charge in [-0.05, 0) is 31.2 Å². The fraction of sp³-hybridized carbons (Fsp3) is 0.118. The van der Waals surface area contributed by atoms with Gasteiger partial charge in [-0.3, -0.25) is 0 Å². The second kappa shape index (κ2) is 5.66. The fourth-order valence-corrected chi connectivity index (χ4v) is 3.39. The highest BCUT2D eigenvalue weighted by atomic mass is 32.2. The van der Waals surface area contributed by atoms with Gasteiger partial charge in [0.15, 0.2) is 0 Å². The van der Waals surface area contributed by atoms with Crippen molar-refractivity contribution in [2.24, 2.45) is 0 Å². The summed E-state index contributed by atoms with van der Waals surface area (Å²) in [7, 11) is 0. The number of carboxylic acids is 1. The van der Waals surface area contributed by atoms with Gasteiger partial charge >= 0.3 is 5.97 Å². The predicted molar refractivity (Wildman–Crippen MR) is 85.4 cm³/mol. The summed E-state index contributed by atoms with van der Waals surface area (Å²) >= 11 is 1.75. The van der Waals surface area contributed by atoms with E-state index in [1.54, 1.807) is 24.8 Å². The molecule has 0 saturated heterocycles. The maximum Gasteiger partial charge on any atom is 0.331 e. The SMILES string of the molecule is CC(=CCN1c2ccccc2Sc2ccccc21)C(=O)O. The summed E-state index contributed by atoms with van der Waals surface area (Å²) in [5.41, 5.74) is 2.61. The maximum atomic E-state index is 11.0. The second-order valence-corrected chi connectivity index (χ2v) is 5.92. The highest BCUT2D eigenvalue weighted by Crippen LogP contribution is 2.47. The van der Waals surface area contributed by atoms with Gasteiger partial charge in [-0.1, -0.05) is 42.1 Å². The predicted octanol–water partition coefficient (Wildman–Crippen LogP) is 4.32. The van der Waals surface area contributed by atoms with Crippen LogP contribution in [0.25, 0.3) is 0 Å². The van der Waals surface area contributed by atoms with Gasteiger partial charge in [0, 0.05) is 21.9 Å². The van der Waals surface area contributed by atoms with Crippen LogP contribution in [-0.4, -0.2) is 17.6 Å². The first-order chi connectivity index (χ1) is 10.2. The fourth-order valence-electron chi connectivity index (χ4n) is 2.29. The molecule has 4 heteroatoms. The normalized spacial score (nSPS) is 13.6. The number of hydrogen-bond donors (Lipinski definition) is 1. The molecule has 0 aromatic heterocycles. The molecule has 2 aromatic carbocycles. The minimum absolute atomic E-state index is 0.364. The third-order valence-corrected chi connectivity index (χ3v) is 4.58. The number of aliphatic carboxylic acids is 1. The van der Waals surface area contributed by atoms with Crippen LogP contribution in [0.15, 0.2) is 70.0 Å².